The fourth-order valence-corrected chi connectivity index (χ4v) is 1.89. The van der Waals surface area contributed by atoms with E-state index in [-0.39, 0.29) is 18.1 Å². The molecule has 2 rings (SSSR count). The van der Waals surface area contributed by atoms with E-state index in [1.807, 2.05) is 26.0 Å². The number of rotatable bonds is 4. The summed E-state index contributed by atoms with van der Waals surface area (Å²) < 4.78 is 0. The molecule has 0 unspecified atom stereocenters. The first kappa shape index (κ1) is 14.8. The second-order valence-corrected chi connectivity index (χ2v) is 4.83. The van der Waals surface area contributed by atoms with Crippen LogP contribution in [0, 0.1) is 13.8 Å². The van der Waals surface area contributed by atoms with Gasteiger partial charge < -0.3 is 15.6 Å². The summed E-state index contributed by atoms with van der Waals surface area (Å²) in [6.07, 6.45) is 3.32. The molecule has 0 atom stereocenters. The fourth-order valence-electron chi connectivity index (χ4n) is 1.89. The molecule has 0 radical (unpaired) electrons. The number of hydrogen-bond donors (Lipinski definition) is 3. The van der Waals surface area contributed by atoms with E-state index in [1.54, 1.807) is 18.5 Å². The highest BCUT2D eigenvalue weighted by Gasteiger charge is 2.05. The highest BCUT2D eigenvalue weighted by molar-refractivity contribution is 5.73. The van der Waals surface area contributed by atoms with Crippen LogP contribution < -0.4 is 16.2 Å². The lowest BCUT2D eigenvalue weighted by atomic mass is 10.2. The van der Waals surface area contributed by atoms with E-state index in [9.17, 15) is 9.59 Å². The van der Waals surface area contributed by atoms with E-state index in [2.05, 4.69) is 20.6 Å². The van der Waals surface area contributed by atoms with Crippen LogP contribution in [-0.4, -0.2) is 16.0 Å². The van der Waals surface area contributed by atoms with E-state index < -0.39 is 0 Å². The number of hydrogen-bond acceptors (Lipinski definition) is 3. The Labute approximate surface area is 122 Å². The van der Waals surface area contributed by atoms with Gasteiger partial charge in [0.05, 0.1) is 12.2 Å². The maximum absolute atomic E-state index is 11.7. The third kappa shape index (κ3) is 4.17. The van der Waals surface area contributed by atoms with Crippen LogP contribution in [0.3, 0.4) is 0 Å². The highest BCUT2D eigenvalue weighted by Crippen LogP contribution is 2.02. The van der Waals surface area contributed by atoms with Crippen LogP contribution in [0.1, 0.15) is 22.4 Å². The van der Waals surface area contributed by atoms with Gasteiger partial charge in [-0.05, 0) is 37.1 Å². The molecule has 0 bridgehead atoms. The molecule has 2 aromatic rings. The molecule has 0 spiro atoms. The van der Waals surface area contributed by atoms with Crippen molar-refractivity contribution in [1.82, 2.24) is 20.6 Å². The van der Waals surface area contributed by atoms with Gasteiger partial charge in [-0.3, -0.25) is 9.78 Å². The van der Waals surface area contributed by atoms with Crippen molar-refractivity contribution < 1.29 is 4.79 Å². The van der Waals surface area contributed by atoms with Gasteiger partial charge in [0.25, 0.3) is 5.56 Å². The molecule has 21 heavy (non-hydrogen) atoms. The standard InChI is InChI=1S/C15H18N4O2/c1-10-6-12(14(20)17-7-10)8-18-15(21)19-9-13-11(2)4-3-5-16-13/h3-7H,8-9H2,1-2H3,(H,17,20)(H2,18,19,21). The zero-order valence-corrected chi connectivity index (χ0v) is 12.1. The first-order valence-electron chi connectivity index (χ1n) is 6.66. The molecule has 0 saturated heterocycles. The molecule has 2 aromatic heterocycles. The van der Waals surface area contributed by atoms with Crippen LogP contribution in [0.25, 0.3) is 0 Å². The van der Waals surface area contributed by atoms with Gasteiger partial charge in [0.2, 0.25) is 0 Å². The average Bonchev–Trinajstić information content (AvgIpc) is 2.47. The van der Waals surface area contributed by atoms with Crippen LogP contribution in [0.4, 0.5) is 4.79 Å². The average molecular weight is 286 g/mol. The Hall–Kier alpha value is -2.63. The number of carbonyl (C=O) groups is 1. The molecule has 2 amide bonds. The Morgan fingerprint density at radius 3 is 2.81 bits per heavy atom. The molecule has 0 saturated carbocycles. The number of aryl methyl sites for hydroxylation is 2. The first-order chi connectivity index (χ1) is 10.1. The number of aromatic amines is 1. The number of nitrogens with zero attached hydrogens (tertiary/aromatic N) is 1. The molecule has 0 aliphatic rings. The highest BCUT2D eigenvalue weighted by atomic mass is 16.2. The fraction of sp³-hybridized carbons (Fsp3) is 0.267. The summed E-state index contributed by atoms with van der Waals surface area (Å²) in [4.78, 5) is 30.1. The smallest absolute Gasteiger partial charge is 0.315 e. The first-order valence-corrected chi connectivity index (χ1v) is 6.66. The van der Waals surface area contributed by atoms with Gasteiger partial charge in [-0.1, -0.05) is 6.07 Å². The maximum atomic E-state index is 11.7. The summed E-state index contributed by atoms with van der Waals surface area (Å²) in [6.45, 7) is 4.35. The molecular formula is C15H18N4O2. The molecule has 110 valence electrons. The van der Waals surface area contributed by atoms with Crippen molar-refractivity contribution in [2.24, 2.45) is 0 Å². The van der Waals surface area contributed by atoms with Crippen LogP contribution >= 0.6 is 0 Å². The second-order valence-electron chi connectivity index (χ2n) is 4.83. The minimum absolute atomic E-state index is 0.185. The van der Waals surface area contributed by atoms with Crippen LogP contribution in [0.5, 0.6) is 0 Å². The number of aromatic nitrogens is 2. The summed E-state index contributed by atoms with van der Waals surface area (Å²) in [6, 6.07) is 5.21. The van der Waals surface area contributed by atoms with Crippen molar-refractivity contribution in [3.8, 4) is 0 Å². The van der Waals surface area contributed by atoms with Crippen molar-refractivity contribution in [3.05, 3.63) is 63.3 Å². The van der Waals surface area contributed by atoms with E-state index in [0.29, 0.717) is 12.1 Å². The Kier molecular flexibility index (Phi) is 4.71. The van der Waals surface area contributed by atoms with E-state index >= 15 is 0 Å². The van der Waals surface area contributed by atoms with Crippen molar-refractivity contribution in [1.29, 1.82) is 0 Å². The molecule has 2 heterocycles. The molecule has 0 aliphatic carbocycles. The molecular weight excluding hydrogens is 268 g/mol. The molecule has 6 nitrogen and oxygen atoms in total. The summed E-state index contributed by atoms with van der Waals surface area (Å²) >= 11 is 0. The Bertz CT molecular complexity index is 694. The van der Waals surface area contributed by atoms with Crippen LogP contribution in [-0.2, 0) is 13.1 Å². The number of H-pyrrole nitrogens is 1. The van der Waals surface area contributed by atoms with Gasteiger partial charge in [0.15, 0.2) is 0 Å². The number of nitrogens with one attached hydrogen (secondary N) is 3. The molecule has 3 N–H and O–H groups in total. The Balaban J connectivity index is 1.87. The van der Waals surface area contributed by atoms with Crippen LogP contribution in [0.2, 0.25) is 0 Å². The van der Waals surface area contributed by atoms with Gasteiger partial charge in [-0.25, -0.2) is 4.79 Å². The largest absolute Gasteiger partial charge is 0.334 e. The number of amides is 2. The number of carbonyl (C=O) groups excluding carboxylic acids is 1. The lowest BCUT2D eigenvalue weighted by Crippen LogP contribution is -2.36. The lowest BCUT2D eigenvalue weighted by molar-refractivity contribution is 0.240. The van der Waals surface area contributed by atoms with Crippen molar-refractivity contribution in [2.45, 2.75) is 26.9 Å². The minimum atomic E-state index is -0.332. The van der Waals surface area contributed by atoms with E-state index in [0.717, 1.165) is 16.8 Å². The topological polar surface area (TPSA) is 86.9 Å². The molecule has 0 aromatic carbocycles. The zero-order chi connectivity index (χ0) is 15.2. The number of pyridine rings is 2. The van der Waals surface area contributed by atoms with Gasteiger partial charge in [0.1, 0.15) is 0 Å². The molecule has 6 heteroatoms. The predicted octanol–water partition coefficient (Wildman–Crippen LogP) is 1.39. The van der Waals surface area contributed by atoms with Gasteiger partial charge in [0, 0.05) is 24.5 Å². The summed E-state index contributed by atoms with van der Waals surface area (Å²) in [7, 11) is 0. The predicted molar refractivity (Wildman–Crippen MR) is 79.8 cm³/mol. The Morgan fingerprint density at radius 2 is 2.05 bits per heavy atom. The summed E-state index contributed by atoms with van der Waals surface area (Å²) in [5, 5.41) is 5.38. The minimum Gasteiger partial charge on any atom is -0.334 e. The van der Waals surface area contributed by atoms with Gasteiger partial charge >= 0.3 is 6.03 Å². The van der Waals surface area contributed by atoms with E-state index in [1.165, 1.54) is 0 Å². The maximum Gasteiger partial charge on any atom is 0.315 e. The normalized spacial score (nSPS) is 10.2. The third-order valence-corrected chi connectivity index (χ3v) is 3.10. The van der Waals surface area contributed by atoms with Crippen molar-refractivity contribution in [3.63, 3.8) is 0 Å². The third-order valence-electron chi connectivity index (χ3n) is 3.10. The summed E-state index contributed by atoms with van der Waals surface area (Å²) in [5.41, 5.74) is 3.12. The van der Waals surface area contributed by atoms with Crippen molar-refractivity contribution >= 4 is 6.03 Å². The number of urea groups is 1. The van der Waals surface area contributed by atoms with Gasteiger partial charge in [-0.15, -0.1) is 0 Å². The zero-order valence-electron chi connectivity index (χ0n) is 12.1. The molecule has 0 aliphatic heterocycles. The monoisotopic (exact) mass is 286 g/mol. The van der Waals surface area contributed by atoms with Crippen LogP contribution in [0.15, 0.2) is 35.4 Å². The van der Waals surface area contributed by atoms with Gasteiger partial charge in [-0.2, -0.15) is 0 Å². The van der Waals surface area contributed by atoms with E-state index in [4.69, 9.17) is 0 Å². The molecule has 0 fully saturated rings. The lowest BCUT2D eigenvalue weighted by Gasteiger charge is -2.08. The SMILES string of the molecule is Cc1c[nH]c(=O)c(CNC(=O)NCc2ncccc2C)c1. The van der Waals surface area contributed by atoms with Crippen molar-refractivity contribution in [2.75, 3.05) is 0 Å². The second kappa shape index (κ2) is 6.69. The summed E-state index contributed by atoms with van der Waals surface area (Å²) in [5.74, 6) is 0. The quantitative estimate of drug-likeness (QED) is 0.793. The Morgan fingerprint density at radius 1 is 1.29 bits per heavy atom.